The fourth-order valence-electron chi connectivity index (χ4n) is 3.03. The molecule has 1 aliphatic rings. The number of sulfonamides is 1. The van der Waals surface area contributed by atoms with Gasteiger partial charge in [-0.25, -0.2) is 13.1 Å². The molecule has 4 nitrogen and oxygen atoms in total. The largest absolute Gasteiger partial charge is 0.314 e. The Morgan fingerprint density at radius 1 is 1.19 bits per heavy atom. The van der Waals surface area contributed by atoms with Crippen LogP contribution in [0.3, 0.4) is 0 Å². The van der Waals surface area contributed by atoms with Crippen molar-refractivity contribution in [3.63, 3.8) is 0 Å². The zero-order valence-corrected chi connectivity index (χ0v) is 14.2. The highest BCUT2D eigenvalue weighted by Crippen LogP contribution is 2.25. The van der Waals surface area contributed by atoms with E-state index in [-0.39, 0.29) is 0 Å². The maximum Gasteiger partial charge on any atom is 0.241 e. The minimum absolute atomic E-state index is 0.453. The van der Waals surface area contributed by atoms with Crippen molar-refractivity contribution in [2.45, 2.75) is 57.9 Å². The molecule has 0 bridgehead atoms. The Balaban J connectivity index is 2.15. The monoisotopic (exact) mass is 310 g/mol. The summed E-state index contributed by atoms with van der Waals surface area (Å²) in [5, 5.41) is 3.39. The molecule has 118 valence electrons. The van der Waals surface area contributed by atoms with Crippen molar-refractivity contribution < 1.29 is 8.42 Å². The van der Waals surface area contributed by atoms with Crippen LogP contribution in [0.2, 0.25) is 0 Å². The minimum atomic E-state index is -3.44. The van der Waals surface area contributed by atoms with E-state index in [2.05, 4.69) is 10.0 Å². The Hall–Kier alpha value is -0.910. The molecular weight excluding hydrogens is 284 g/mol. The van der Waals surface area contributed by atoms with Gasteiger partial charge >= 0.3 is 0 Å². The van der Waals surface area contributed by atoms with Crippen LogP contribution < -0.4 is 10.0 Å². The molecule has 1 aliphatic heterocycles. The molecule has 21 heavy (non-hydrogen) atoms. The van der Waals surface area contributed by atoms with Gasteiger partial charge in [0.05, 0.1) is 4.90 Å². The average Bonchev–Trinajstić information content (AvgIpc) is 2.89. The first kappa shape index (κ1) is 16.5. The zero-order chi connectivity index (χ0) is 15.6. The molecule has 1 atom stereocenters. The molecule has 2 N–H and O–H groups in total. The molecule has 0 spiro atoms. The standard InChI is InChI=1S/C16H26N2O2S/c1-11-10-12(2)14(4)16(13(11)3)21(19,20)18-9-7-15-6-5-8-17-15/h10,15,17-18H,5-9H2,1-4H3/t15-/m0/s1. The van der Waals surface area contributed by atoms with Gasteiger partial charge in [-0.3, -0.25) is 0 Å². The second kappa shape index (κ2) is 6.46. The number of benzene rings is 1. The first-order valence-electron chi connectivity index (χ1n) is 7.63. The topological polar surface area (TPSA) is 58.2 Å². The summed E-state index contributed by atoms with van der Waals surface area (Å²) in [6, 6.07) is 2.50. The smallest absolute Gasteiger partial charge is 0.241 e. The lowest BCUT2D eigenvalue weighted by atomic mass is 10.0. The average molecular weight is 310 g/mol. The van der Waals surface area contributed by atoms with Crippen LogP contribution in [0.5, 0.6) is 0 Å². The first-order chi connectivity index (χ1) is 9.83. The van der Waals surface area contributed by atoms with Crippen molar-refractivity contribution in [3.05, 3.63) is 28.3 Å². The summed E-state index contributed by atoms with van der Waals surface area (Å²) in [5.74, 6) is 0. The van der Waals surface area contributed by atoms with E-state index in [9.17, 15) is 8.42 Å². The Bertz CT molecular complexity index is 591. The molecule has 0 aliphatic carbocycles. The summed E-state index contributed by atoms with van der Waals surface area (Å²) < 4.78 is 28.0. The van der Waals surface area contributed by atoms with E-state index in [4.69, 9.17) is 0 Å². The number of aryl methyl sites for hydroxylation is 2. The van der Waals surface area contributed by atoms with Crippen LogP contribution in [0.25, 0.3) is 0 Å². The van der Waals surface area contributed by atoms with Crippen LogP contribution in [0.15, 0.2) is 11.0 Å². The van der Waals surface area contributed by atoms with Gasteiger partial charge in [-0.15, -0.1) is 0 Å². The highest BCUT2D eigenvalue weighted by molar-refractivity contribution is 7.89. The Labute approximate surface area is 128 Å². The minimum Gasteiger partial charge on any atom is -0.314 e. The van der Waals surface area contributed by atoms with Crippen LogP contribution in [0, 0.1) is 27.7 Å². The molecule has 1 aromatic carbocycles. The summed E-state index contributed by atoms with van der Waals surface area (Å²) in [5.41, 5.74) is 3.75. The molecule has 0 unspecified atom stereocenters. The van der Waals surface area contributed by atoms with Gasteiger partial charge in [-0.2, -0.15) is 0 Å². The normalized spacial score (nSPS) is 19.1. The number of rotatable bonds is 5. The predicted molar refractivity (Wildman–Crippen MR) is 86.2 cm³/mol. The Morgan fingerprint density at radius 2 is 1.81 bits per heavy atom. The van der Waals surface area contributed by atoms with Crippen LogP contribution in [-0.2, 0) is 10.0 Å². The fourth-order valence-corrected chi connectivity index (χ4v) is 4.69. The van der Waals surface area contributed by atoms with Gasteiger partial charge in [0.15, 0.2) is 0 Å². The third-order valence-electron chi connectivity index (χ3n) is 4.51. The number of hydrogen-bond donors (Lipinski definition) is 2. The van der Waals surface area contributed by atoms with Crippen molar-refractivity contribution in [3.8, 4) is 0 Å². The molecule has 2 rings (SSSR count). The van der Waals surface area contributed by atoms with Crippen molar-refractivity contribution in [2.24, 2.45) is 0 Å². The van der Waals surface area contributed by atoms with Gasteiger partial charge in [0.25, 0.3) is 0 Å². The predicted octanol–water partition coefficient (Wildman–Crippen LogP) is 2.34. The second-order valence-corrected chi connectivity index (χ2v) is 7.77. The van der Waals surface area contributed by atoms with Crippen molar-refractivity contribution >= 4 is 10.0 Å². The second-order valence-electron chi connectivity index (χ2n) is 6.07. The van der Waals surface area contributed by atoms with E-state index in [1.807, 2.05) is 33.8 Å². The highest BCUT2D eigenvalue weighted by Gasteiger charge is 2.22. The molecule has 0 saturated carbocycles. The third-order valence-corrected chi connectivity index (χ3v) is 6.25. The lowest BCUT2D eigenvalue weighted by Crippen LogP contribution is -2.31. The molecule has 0 amide bonds. The summed E-state index contributed by atoms with van der Waals surface area (Å²) in [6.45, 7) is 9.23. The lowest BCUT2D eigenvalue weighted by Gasteiger charge is -2.17. The van der Waals surface area contributed by atoms with E-state index in [1.165, 1.54) is 6.42 Å². The van der Waals surface area contributed by atoms with E-state index in [0.717, 1.165) is 41.6 Å². The molecule has 1 saturated heterocycles. The molecule has 5 heteroatoms. The summed E-state index contributed by atoms with van der Waals surface area (Å²) in [4.78, 5) is 0.458. The zero-order valence-electron chi connectivity index (χ0n) is 13.4. The van der Waals surface area contributed by atoms with E-state index < -0.39 is 10.0 Å². The maximum absolute atomic E-state index is 12.6. The molecule has 1 aromatic rings. The lowest BCUT2D eigenvalue weighted by molar-refractivity contribution is 0.539. The summed E-state index contributed by atoms with van der Waals surface area (Å²) in [6.07, 6.45) is 3.18. The van der Waals surface area contributed by atoms with Crippen molar-refractivity contribution in [2.75, 3.05) is 13.1 Å². The van der Waals surface area contributed by atoms with E-state index in [0.29, 0.717) is 17.5 Å². The quantitative estimate of drug-likeness (QED) is 0.877. The summed E-state index contributed by atoms with van der Waals surface area (Å²) in [7, 11) is -3.44. The first-order valence-corrected chi connectivity index (χ1v) is 9.11. The molecule has 1 heterocycles. The van der Waals surface area contributed by atoms with Gasteiger partial charge in [-0.1, -0.05) is 6.07 Å². The number of hydrogen-bond acceptors (Lipinski definition) is 3. The molecule has 0 aromatic heterocycles. The number of nitrogens with one attached hydrogen (secondary N) is 2. The Morgan fingerprint density at radius 3 is 2.33 bits per heavy atom. The van der Waals surface area contributed by atoms with Gasteiger partial charge in [0.1, 0.15) is 0 Å². The Kier molecular flexibility index (Phi) is 5.07. The highest BCUT2D eigenvalue weighted by atomic mass is 32.2. The molecule has 0 radical (unpaired) electrons. The van der Waals surface area contributed by atoms with E-state index >= 15 is 0 Å². The van der Waals surface area contributed by atoms with Crippen LogP contribution in [0.4, 0.5) is 0 Å². The van der Waals surface area contributed by atoms with Crippen LogP contribution in [-0.4, -0.2) is 27.5 Å². The van der Waals surface area contributed by atoms with Crippen LogP contribution in [0.1, 0.15) is 41.5 Å². The fraction of sp³-hybridized carbons (Fsp3) is 0.625. The van der Waals surface area contributed by atoms with Gasteiger partial charge in [0, 0.05) is 12.6 Å². The molecule has 1 fully saturated rings. The van der Waals surface area contributed by atoms with Gasteiger partial charge in [0.2, 0.25) is 10.0 Å². The van der Waals surface area contributed by atoms with Crippen molar-refractivity contribution in [1.82, 2.24) is 10.0 Å². The van der Waals surface area contributed by atoms with Crippen molar-refractivity contribution in [1.29, 1.82) is 0 Å². The third kappa shape index (κ3) is 3.65. The summed E-state index contributed by atoms with van der Waals surface area (Å²) >= 11 is 0. The SMILES string of the molecule is Cc1cc(C)c(C)c(S(=O)(=O)NCC[C@@H]2CCCN2)c1C. The van der Waals surface area contributed by atoms with Gasteiger partial charge < -0.3 is 5.32 Å². The van der Waals surface area contributed by atoms with E-state index in [1.54, 1.807) is 0 Å². The maximum atomic E-state index is 12.6. The molecular formula is C16H26N2O2S. The van der Waals surface area contributed by atoms with Crippen LogP contribution >= 0.6 is 0 Å². The van der Waals surface area contributed by atoms with Gasteiger partial charge in [-0.05, 0) is 75.8 Å².